The number of fused-ring (bicyclic) bond motifs is 3. The molecule has 9 heteroatoms. The van der Waals surface area contributed by atoms with Gasteiger partial charge in [-0.3, -0.25) is 15.0 Å². The maximum Gasteiger partial charge on any atom is 0.364 e. The average molecular weight is 467 g/mol. The smallest absolute Gasteiger partial charge is 0.364 e. The van der Waals surface area contributed by atoms with Gasteiger partial charge in [0.05, 0.1) is 41.6 Å². The van der Waals surface area contributed by atoms with Gasteiger partial charge in [0, 0.05) is 10.9 Å². The number of carbonyl (C=O) groups excluding carboxylic acids is 2. The molecule has 9 nitrogen and oxygen atoms in total. The molecular formula is C26H21N5O4. The second-order valence-electron chi connectivity index (χ2n) is 7.87. The molecule has 3 aromatic carbocycles. The van der Waals surface area contributed by atoms with Gasteiger partial charge < -0.3 is 15.2 Å². The number of carbonyl (C=O) groups is 2. The minimum Gasteiger partial charge on any atom is -0.506 e. The first-order valence-corrected chi connectivity index (χ1v) is 10.8. The molecule has 0 bridgehead atoms. The van der Waals surface area contributed by atoms with Crippen LogP contribution in [0.5, 0.6) is 11.5 Å². The molecule has 1 heterocycles. The van der Waals surface area contributed by atoms with Crippen LogP contribution < -0.4 is 10.1 Å². The van der Waals surface area contributed by atoms with Gasteiger partial charge in [-0.1, -0.05) is 47.6 Å². The molecular weight excluding hydrogens is 446 g/mol. The number of benzene rings is 3. The fraction of sp³-hybridized carbons (Fsp3) is 0.0769. The predicted octanol–water partition coefficient (Wildman–Crippen LogP) is 5.74. The Morgan fingerprint density at radius 3 is 2.40 bits per heavy atom. The van der Waals surface area contributed by atoms with Crippen molar-refractivity contribution in [3.05, 3.63) is 78.4 Å². The van der Waals surface area contributed by atoms with Gasteiger partial charge in [-0.25, -0.2) is 4.79 Å². The number of azo groups is 1. The van der Waals surface area contributed by atoms with Crippen LogP contribution in [-0.4, -0.2) is 34.4 Å². The Hall–Kier alpha value is -4.92. The van der Waals surface area contributed by atoms with Gasteiger partial charge in [-0.05, 0) is 35.9 Å². The Morgan fingerprint density at radius 1 is 0.914 bits per heavy atom. The average Bonchev–Trinajstić information content (AvgIpc) is 3.44. The van der Waals surface area contributed by atoms with E-state index in [2.05, 4.69) is 25.7 Å². The van der Waals surface area contributed by atoms with Crippen LogP contribution >= 0.6 is 0 Å². The molecule has 174 valence electrons. The monoisotopic (exact) mass is 467 g/mol. The maximum atomic E-state index is 12.4. The number of aromatic nitrogens is 2. The van der Waals surface area contributed by atoms with E-state index in [4.69, 9.17) is 4.74 Å². The SMILES string of the molecule is COc1ccc(-c2[nH][nH]c3c4cccc(NC(=O)N=NC(=O)Cc5ccccc5)c4c(O)c2-3)cc1. The molecule has 3 aromatic rings. The zero-order valence-corrected chi connectivity index (χ0v) is 18.7. The number of anilines is 1. The predicted molar refractivity (Wildman–Crippen MR) is 132 cm³/mol. The summed E-state index contributed by atoms with van der Waals surface area (Å²) in [4.78, 5) is 24.4. The standard InChI is InChI=1S/C26H21N5O4/c1-35-17-12-10-16(11-13-17)23-22-24(30-29-23)18-8-5-9-19(21(18)25(22)33)27-26(34)31-28-20(32)14-15-6-3-2-4-7-15/h2-13,29-30,33H,14H2,1H3,(H,27,34). The van der Waals surface area contributed by atoms with Crippen molar-refractivity contribution in [3.8, 4) is 34.0 Å². The topological polar surface area (TPSA) is 132 Å². The fourth-order valence-corrected chi connectivity index (χ4v) is 4.08. The van der Waals surface area contributed by atoms with E-state index >= 15 is 0 Å². The molecule has 1 aliphatic carbocycles. The Bertz CT molecular complexity index is 1520. The van der Waals surface area contributed by atoms with Crippen LogP contribution in [0.2, 0.25) is 0 Å². The van der Waals surface area contributed by atoms with Crippen molar-refractivity contribution in [2.75, 3.05) is 12.4 Å². The lowest BCUT2D eigenvalue weighted by Gasteiger charge is -2.05. The molecule has 5 rings (SSSR count). The number of rotatable bonds is 5. The van der Waals surface area contributed by atoms with E-state index in [1.165, 1.54) is 0 Å². The Kier molecular flexibility index (Phi) is 5.72. The quantitative estimate of drug-likeness (QED) is 0.246. The highest BCUT2D eigenvalue weighted by Gasteiger charge is 2.26. The minimum atomic E-state index is -0.815. The number of methoxy groups -OCH3 is 1. The van der Waals surface area contributed by atoms with E-state index in [1.807, 2.05) is 48.5 Å². The van der Waals surface area contributed by atoms with Gasteiger partial charge in [-0.15, -0.1) is 5.11 Å². The van der Waals surface area contributed by atoms with E-state index in [0.29, 0.717) is 33.4 Å². The van der Waals surface area contributed by atoms with Crippen LogP contribution in [0.25, 0.3) is 33.3 Å². The molecule has 0 saturated carbocycles. The fourth-order valence-electron chi connectivity index (χ4n) is 4.08. The molecule has 2 aliphatic rings. The number of amides is 3. The van der Waals surface area contributed by atoms with E-state index < -0.39 is 11.9 Å². The summed E-state index contributed by atoms with van der Waals surface area (Å²) in [6.45, 7) is 0. The zero-order chi connectivity index (χ0) is 24.4. The van der Waals surface area contributed by atoms with Crippen molar-refractivity contribution in [1.82, 2.24) is 10.2 Å². The summed E-state index contributed by atoms with van der Waals surface area (Å²) in [5.41, 5.74) is 3.96. The number of H-pyrrole nitrogens is 2. The third-order valence-electron chi connectivity index (χ3n) is 5.69. The highest BCUT2D eigenvalue weighted by Crippen LogP contribution is 2.49. The second-order valence-corrected chi connectivity index (χ2v) is 7.87. The van der Waals surface area contributed by atoms with Crippen LogP contribution in [0, 0.1) is 0 Å². The van der Waals surface area contributed by atoms with Gasteiger partial charge in [0.15, 0.2) is 0 Å². The summed E-state index contributed by atoms with van der Waals surface area (Å²) in [5.74, 6) is 0.193. The highest BCUT2D eigenvalue weighted by molar-refractivity contribution is 6.16. The Labute approximate surface area is 199 Å². The molecule has 35 heavy (non-hydrogen) atoms. The van der Waals surface area contributed by atoms with Crippen LogP contribution in [0.3, 0.4) is 0 Å². The maximum absolute atomic E-state index is 12.4. The van der Waals surface area contributed by atoms with Gasteiger partial charge in [0.25, 0.3) is 5.91 Å². The summed E-state index contributed by atoms with van der Waals surface area (Å²) >= 11 is 0. The van der Waals surface area contributed by atoms with Crippen molar-refractivity contribution < 1.29 is 19.4 Å². The first-order valence-electron chi connectivity index (χ1n) is 10.8. The summed E-state index contributed by atoms with van der Waals surface area (Å²) in [7, 11) is 1.60. The molecule has 0 saturated heterocycles. The molecule has 0 unspecified atom stereocenters. The zero-order valence-electron chi connectivity index (χ0n) is 18.7. The minimum absolute atomic E-state index is 0.00584. The molecule has 0 aromatic heterocycles. The Balaban J connectivity index is 1.42. The van der Waals surface area contributed by atoms with E-state index in [9.17, 15) is 14.7 Å². The van der Waals surface area contributed by atoms with E-state index in [-0.39, 0.29) is 12.2 Å². The largest absolute Gasteiger partial charge is 0.506 e. The highest BCUT2D eigenvalue weighted by atomic mass is 16.5. The van der Waals surface area contributed by atoms with Crippen molar-refractivity contribution in [2.45, 2.75) is 6.42 Å². The van der Waals surface area contributed by atoms with Crippen LogP contribution in [-0.2, 0) is 11.2 Å². The molecule has 1 aliphatic heterocycles. The molecule has 0 atom stereocenters. The number of aromatic amines is 2. The lowest BCUT2D eigenvalue weighted by Crippen LogP contribution is -2.07. The summed E-state index contributed by atoms with van der Waals surface area (Å²) in [6.07, 6.45) is 0.0478. The molecule has 0 spiro atoms. The number of hydrogen-bond donors (Lipinski definition) is 4. The normalized spacial score (nSPS) is 11.3. The number of urea groups is 1. The van der Waals surface area contributed by atoms with Crippen molar-refractivity contribution >= 4 is 28.4 Å². The van der Waals surface area contributed by atoms with Crippen molar-refractivity contribution in [2.24, 2.45) is 10.2 Å². The first-order chi connectivity index (χ1) is 17.0. The molecule has 3 amide bonds. The molecule has 4 N–H and O–H groups in total. The lowest BCUT2D eigenvalue weighted by molar-refractivity contribution is -0.117. The van der Waals surface area contributed by atoms with Gasteiger partial charge in [-0.2, -0.15) is 0 Å². The second kappa shape index (κ2) is 9.14. The number of aromatic hydroxyl groups is 1. The van der Waals surface area contributed by atoms with Gasteiger partial charge in [0.1, 0.15) is 11.5 Å². The van der Waals surface area contributed by atoms with Crippen LogP contribution in [0.4, 0.5) is 10.5 Å². The van der Waals surface area contributed by atoms with Crippen LogP contribution in [0.1, 0.15) is 5.56 Å². The van der Waals surface area contributed by atoms with Crippen molar-refractivity contribution in [3.63, 3.8) is 0 Å². The molecule has 0 fully saturated rings. The van der Waals surface area contributed by atoms with Gasteiger partial charge >= 0.3 is 6.03 Å². The number of hydrogen-bond acceptors (Lipinski definition) is 4. The first kappa shape index (κ1) is 21.9. The third kappa shape index (κ3) is 4.22. The summed E-state index contributed by atoms with van der Waals surface area (Å²) < 4.78 is 5.22. The molecule has 0 radical (unpaired) electrons. The van der Waals surface area contributed by atoms with Gasteiger partial charge in [0.2, 0.25) is 0 Å². The van der Waals surface area contributed by atoms with Crippen LogP contribution in [0.15, 0.2) is 83.0 Å². The summed E-state index contributed by atoms with van der Waals surface area (Å²) in [6, 6.07) is 20.9. The van der Waals surface area contributed by atoms with Crippen molar-refractivity contribution in [1.29, 1.82) is 0 Å². The number of nitrogens with one attached hydrogen (secondary N) is 3. The third-order valence-corrected chi connectivity index (χ3v) is 5.69. The Morgan fingerprint density at radius 2 is 1.66 bits per heavy atom. The number of nitrogens with zero attached hydrogens (tertiary/aromatic N) is 2. The summed E-state index contributed by atoms with van der Waals surface area (Å²) in [5, 5.41) is 28.1. The van der Waals surface area contributed by atoms with E-state index in [1.54, 1.807) is 31.4 Å². The van der Waals surface area contributed by atoms with E-state index in [0.717, 1.165) is 16.9 Å². The lowest BCUT2D eigenvalue weighted by atomic mass is 10.1. The number of ether oxygens (including phenoxy) is 1.